The highest BCUT2D eigenvalue weighted by molar-refractivity contribution is 9.10. The van der Waals surface area contributed by atoms with E-state index in [-0.39, 0.29) is 5.82 Å². The van der Waals surface area contributed by atoms with E-state index in [9.17, 15) is 4.39 Å². The Morgan fingerprint density at radius 1 is 1.32 bits per heavy atom. The lowest BCUT2D eigenvalue weighted by Gasteiger charge is -2.26. The molecule has 0 saturated heterocycles. The molecule has 0 radical (unpaired) electrons. The molecule has 3 atom stereocenters. The highest BCUT2D eigenvalue weighted by atomic mass is 79.9. The van der Waals surface area contributed by atoms with Crippen molar-refractivity contribution in [1.82, 2.24) is 5.32 Å². The molecular formula is C16H21BrFN. The third-order valence-corrected chi connectivity index (χ3v) is 5.67. The smallest absolute Gasteiger partial charge is 0.137 e. The molecule has 2 aliphatic carbocycles. The Kier molecular flexibility index (Phi) is 3.95. The maximum atomic E-state index is 13.6. The van der Waals surface area contributed by atoms with E-state index in [1.165, 1.54) is 25.3 Å². The molecule has 0 spiro atoms. The Hall–Kier alpha value is -0.410. The van der Waals surface area contributed by atoms with E-state index in [1.54, 1.807) is 0 Å². The van der Waals surface area contributed by atoms with Gasteiger partial charge in [0.25, 0.3) is 0 Å². The molecule has 1 N–H and O–H groups in total. The van der Waals surface area contributed by atoms with Gasteiger partial charge in [0.15, 0.2) is 0 Å². The second kappa shape index (κ2) is 5.53. The lowest BCUT2D eigenvalue weighted by Crippen LogP contribution is -2.37. The Bertz CT molecular complexity index is 452. The van der Waals surface area contributed by atoms with Gasteiger partial charge in [-0.05, 0) is 77.5 Å². The van der Waals surface area contributed by atoms with Gasteiger partial charge < -0.3 is 5.32 Å². The van der Waals surface area contributed by atoms with Crippen molar-refractivity contribution in [2.45, 2.75) is 38.6 Å². The van der Waals surface area contributed by atoms with E-state index in [2.05, 4.69) is 28.2 Å². The Morgan fingerprint density at radius 3 is 2.74 bits per heavy atom. The summed E-state index contributed by atoms with van der Waals surface area (Å²) in [6.07, 6.45) is 5.12. The number of hydrogen-bond donors (Lipinski definition) is 1. The summed E-state index contributed by atoms with van der Waals surface area (Å²) in [4.78, 5) is 0. The van der Waals surface area contributed by atoms with Gasteiger partial charge in [0.05, 0.1) is 4.47 Å². The van der Waals surface area contributed by atoms with Gasteiger partial charge >= 0.3 is 0 Å². The van der Waals surface area contributed by atoms with Crippen LogP contribution in [0.1, 0.15) is 31.7 Å². The minimum absolute atomic E-state index is 0.151. The highest BCUT2D eigenvalue weighted by Gasteiger charge is 2.47. The van der Waals surface area contributed by atoms with Crippen molar-refractivity contribution < 1.29 is 4.39 Å². The number of likely N-dealkylation sites (N-methyl/N-ethyl adjacent to an activating group) is 1. The fourth-order valence-corrected chi connectivity index (χ4v) is 4.13. The number of nitrogens with one attached hydrogen (secondary N) is 1. The topological polar surface area (TPSA) is 12.0 Å². The molecule has 19 heavy (non-hydrogen) atoms. The minimum atomic E-state index is -0.151. The fraction of sp³-hybridized carbons (Fsp3) is 0.625. The molecule has 1 aromatic carbocycles. The molecule has 0 aliphatic heterocycles. The van der Waals surface area contributed by atoms with Crippen LogP contribution >= 0.6 is 15.9 Å². The van der Waals surface area contributed by atoms with Crippen LogP contribution in [0.4, 0.5) is 4.39 Å². The van der Waals surface area contributed by atoms with Gasteiger partial charge in [-0.25, -0.2) is 4.39 Å². The molecule has 1 nitrogen and oxygen atoms in total. The number of rotatable bonds is 5. The van der Waals surface area contributed by atoms with Crippen molar-refractivity contribution in [3.63, 3.8) is 0 Å². The third-order valence-electron chi connectivity index (χ3n) is 4.79. The Balaban J connectivity index is 1.71. The first-order valence-corrected chi connectivity index (χ1v) is 8.14. The van der Waals surface area contributed by atoms with Crippen LogP contribution in [0.5, 0.6) is 0 Å². The quantitative estimate of drug-likeness (QED) is 0.857. The normalized spacial score (nSPS) is 30.2. The summed E-state index contributed by atoms with van der Waals surface area (Å²) in [5.41, 5.74) is 1.09. The molecule has 3 heteroatoms. The standard InChI is InChI=1S/C16H21BrFN/c1-2-19-15(13-7-11-6-12(11)8-13)9-10-4-3-5-14(18)16(10)17/h3-5,11-13,15,19H,2,6-9H2,1H3. The van der Waals surface area contributed by atoms with Gasteiger partial charge in [-0.3, -0.25) is 0 Å². The molecule has 3 unspecified atom stereocenters. The van der Waals surface area contributed by atoms with E-state index >= 15 is 0 Å². The van der Waals surface area contributed by atoms with Gasteiger partial charge in [0, 0.05) is 6.04 Å². The zero-order valence-electron chi connectivity index (χ0n) is 11.3. The molecule has 3 rings (SSSR count). The summed E-state index contributed by atoms with van der Waals surface area (Å²) < 4.78 is 14.2. The lowest BCUT2D eigenvalue weighted by molar-refractivity contribution is 0.336. The van der Waals surface area contributed by atoms with Crippen molar-refractivity contribution >= 4 is 15.9 Å². The van der Waals surface area contributed by atoms with E-state index < -0.39 is 0 Å². The van der Waals surface area contributed by atoms with Gasteiger partial charge in [0.2, 0.25) is 0 Å². The first-order valence-electron chi connectivity index (χ1n) is 7.35. The molecule has 2 fully saturated rings. The summed E-state index contributed by atoms with van der Waals surface area (Å²) in [5, 5.41) is 3.62. The maximum absolute atomic E-state index is 13.6. The fourth-order valence-electron chi connectivity index (χ4n) is 3.70. The molecule has 0 aromatic heterocycles. The van der Waals surface area contributed by atoms with Crippen LogP contribution in [0, 0.1) is 23.6 Å². The van der Waals surface area contributed by atoms with Crippen LogP contribution in [0.2, 0.25) is 0 Å². The van der Waals surface area contributed by atoms with Crippen molar-refractivity contribution in [3.8, 4) is 0 Å². The van der Waals surface area contributed by atoms with Crippen LogP contribution in [0.25, 0.3) is 0 Å². The van der Waals surface area contributed by atoms with Crippen LogP contribution in [-0.4, -0.2) is 12.6 Å². The van der Waals surface area contributed by atoms with Crippen LogP contribution in [0.15, 0.2) is 22.7 Å². The van der Waals surface area contributed by atoms with Gasteiger partial charge in [-0.1, -0.05) is 19.1 Å². The second-order valence-electron chi connectivity index (χ2n) is 6.07. The highest BCUT2D eigenvalue weighted by Crippen LogP contribution is 2.55. The Labute approximate surface area is 123 Å². The van der Waals surface area contributed by atoms with Crippen molar-refractivity contribution in [1.29, 1.82) is 0 Å². The lowest BCUT2D eigenvalue weighted by atomic mass is 9.89. The number of benzene rings is 1. The Morgan fingerprint density at radius 2 is 2.05 bits per heavy atom. The van der Waals surface area contributed by atoms with Crippen molar-refractivity contribution in [2.75, 3.05) is 6.54 Å². The van der Waals surface area contributed by atoms with Crippen LogP contribution < -0.4 is 5.32 Å². The molecule has 0 bridgehead atoms. The number of hydrogen-bond acceptors (Lipinski definition) is 1. The molecule has 0 amide bonds. The summed E-state index contributed by atoms with van der Waals surface area (Å²) in [6.45, 7) is 3.15. The van der Waals surface area contributed by atoms with Gasteiger partial charge in [-0.15, -0.1) is 0 Å². The largest absolute Gasteiger partial charge is 0.314 e. The van der Waals surface area contributed by atoms with Crippen molar-refractivity contribution in [3.05, 3.63) is 34.1 Å². The van der Waals surface area contributed by atoms with Crippen LogP contribution in [-0.2, 0) is 6.42 Å². The first kappa shape index (κ1) is 13.6. The van der Waals surface area contributed by atoms with Crippen LogP contribution in [0.3, 0.4) is 0 Å². The average molecular weight is 326 g/mol. The predicted molar refractivity (Wildman–Crippen MR) is 79.6 cm³/mol. The maximum Gasteiger partial charge on any atom is 0.137 e. The molecular weight excluding hydrogens is 305 g/mol. The second-order valence-corrected chi connectivity index (χ2v) is 6.86. The zero-order valence-corrected chi connectivity index (χ0v) is 12.9. The molecule has 0 heterocycles. The van der Waals surface area contributed by atoms with E-state index in [0.717, 1.165) is 36.3 Å². The molecule has 2 saturated carbocycles. The SMILES string of the molecule is CCNC(Cc1cccc(F)c1Br)C1CC2CC2C1. The minimum Gasteiger partial charge on any atom is -0.314 e. The van der Waals surface area contributed by atoms with Gasteiger partial charge in [0.1, 0.15) is 5.82 Å². The zero-order chi connectivity index (χ0) is 13.4. The summed E-state index contributed by atoms with van der Waals surface area (Å²) in [5.74, 6) is 2.63. The summed E-state index contributed by atoms with van der Waals surface area (Å²) in [6, 6.07) is 5.86. The predicted octanol–water partition coefficient (Wildman–Crippen LogP) is 4.15. The molecule has 2 aliphatic rings. The monoisotopic (exact) mass is 325 g/mol. The number of fused-ring (bicyclic) bond motifs is 1. The molecule has 104 valence electrons. The van der Waals surface area contributed by atoms with Crippen molar-refractivity contribution in [2.24, 2.45) is 17.8 Å². The van der Waals surface area contributed by atoms with E-state index in [1.807, 2.05) is 12.1 Å². The van der Waals surface area contributed by atoms with E-state index in [0.29, 0.717) is 10.5 Å². The van der Waals surface area contributed by atoms with E-state index in [4.69, 9.17) is 0 Å². The number of halogens is 2. The van der Waals surface area contributed by atoms with Gasteiger partial charge in [-0.2, -0.15) is 0 Å². The summed E-state index contributed by atoms with van der Waals surface area (Å²) in [7, 11) is 0. The third kappa shape index (κ3) is 2.87. The summed E-state index contributed by atoms with van der Waals surface area (Å²) >= 11 is 3.39. The average Bonchev–Trinajstić information content (AvgIpc) is 3.01. The first-order chi connectivity index (χ1) is 9.19. The molecule has 1 aromatic rings.